The largest absolute Gasteiger partial charge is 0.365 e. The Kier molecular flexibility index (Phi) is 4.24. The molecular weight excluding hydrogens is 272 g/mol. The summed E-state index contributed by atoms with van der Waals surface area (Å²) in [5.74, 6) is -0.107. The van der Waals surface area contributed by atoms with Gasteiger partial charge in [-0.1, -0.05) is 55.1 Å². The zero-order valence-corrected chi connectivity index (χ0v) is 12.5. The third-order valence-corrected chi connectivity index (χ3v) is 3.99. The van der Waals surface area contributed by atoms with Crippen molar-refractivity contribution in [1.29, 1.82) is 0 Å². The molecule has 3 nitrogen and oxygen atoms in total. The SMILES string of the molecule is C=CC(=O)NC1Cc2ccccc2N(Cc2ccccc2)C1. The van der Waals surface area contributed by atoms with E-state index in [-0.39, 0.29) is 11.9 Å². The Hall–Kier alpha value is -2.55. The van der Waals surface area contributed by atoms with Gasteiger partial charge in [-0.05, 0) is 29.7 Å². The number of anilines is 1. The highest BCUT2D eigenvalue weighted by molar-refractivity contribution is 5.87. The van der Waals surface area contributed by atoms with Gasteiger partial charge in [-0.2, -0.15) is 0 Å². The Morgan fingerprint density at radius 1 is 1.18 bits per heavy atom. The number of benzene rings is 2. The van der Waals surface area contributed by atoms with Crippen molar-refractivity contribution in [2.24, 2.45) is 0 Å². The van der Waals surface area contributed by atoms with Crippen LogP contribution in [-0.4, -0.2) is 18.5 Å². The number of hydrogen-bond acceptors (Lipinski definition) is 2. The molecule has 2 aromatic rings. The average Bonchev–Trinajstić information content (AvgIpc) is 2.55. The van der Waals surface area contributed by atoms with Crippen molar-refractivity contribution in [2.45, 2.75) is 19.0 Å². The first-order chi connectivity index (χ1) is 10.8. The number of para-hydroxylation sites is 1. The Morgan fingerprint density at radius 3 is 2.68 bits per heavy atom. The molecule has 0 fully saturated rings. The van der Waals surface area contributed by atoms with E-state index < -0.39 is 0 Å². The van der Waals surface area contributed by atoms with Crippen molar-refractivity contribution in [3.05, 3.63) is 78.4 Å². The van der Waals surface area contributed by atoms with Crippen LogP contribution in [0.25, 0.3) is 0 Å². The zero-order chi connectivity index (χ0) is 15.4. The average molecular weight is 292 g/mol. The first-order valence-corrected chi connectivity index (χ1v) is 7.56. The van der Waals surface area contributed by atoms with Crippen molar-refractivity contribution in [3.63, 3.8) is 0 Å². The molecule has 3 rings (SSSR count). The summed E-state index contributed by atoms with van der Waals surface area (Å²) in [5, 5.41) is 3.03. The van der Waals surface area contributed by atoms with E-state index in [1.807, 2.05) is 6.07 Å². The summed E-state index contributed by atoms with van der Waals surface area (Å²) in [5.41, 5.74) is 3.81. The lowest BCUT2D eigenvalue weighted by Gasteiger charge is -2.36. The van der Waals surface area contributed by atoms with Crippen LogP contribution >= 0.6 is 0 Å². The smallest absolute Gasteiger partial charge is 0.243 e. The van der Waals surface area contributed by atoms with Crippen LogP contribution in [0.2, 0.25) is 0 Å². The van der Waals surface area contributed by atoms with E-state index in [2.05, 4.69) is 65.3 Å². The van der Waals surface area contributed by atoms with Crippen LogP contribution in [-0.2, 0) is 17.8 Å². The minimum Gasteiger partial charge on any atom is -0.365 e. The van der Waals surface area contributed by atoms with Gasteiger partial charge in [0.1, 0.15) is 0 Å². The van der Waals surface area contributed by atoms with E-state index >= 15 is 0 Å². The van der Waals surface area contributed by atoms with E-state index in [0.717, 1.165) is 19.5 Å². The predicted molar refractivity (Wildman–Crippen MR) is 89.8 cm³/mol. The second-order valence-corrected chi connectivity index (χ2v) is 5.61. The highest BCUT2D eigenvalue weighted by Crippen LogP contribution is 2.28. The van der Waals surface area contributed by atoms with E-state index in [4.69, 9.17) is 0 Å². The Labute approximate surface area is 131 Å². The second-order valence-electron chi connectivity index (χ2n) is 5.61. The minimum atomic E-state index is -0.107. The van der Waals surface area contributed by atoms with Gasteiger partial charge in [0.2, 0.25) is 5.91 Å². The summed E-state index contributed by atoms with van der Waals surface area (Å²) in [6.07, 6.45) is 2.20. The van der Waals surface area contributed by atoms with Gasteiger partial charge in [-0.25, -0.2) is 0 Å². The molecular formula is C19H20N2O. The number of hydrogen-bond donors (Lipinski definition) is 1. The summed E-state index contributed by atoms with van der Waals surface area (Å²) in [6, 6.07) is 18.9. The molecule has 0 spiro atoms. The molecule has 1 aliphatic heterocycles. The van der Waals surface area contributed by atoms with Crippen molar-refractivity contribution in [3.8, 4) is 0 Å². The summed E-state index contributed by atoms with van der Waals surface area (Å²) >= 11 is 0. The number of carbonyl (C=O) groups excluding carboxylic acids is 1. The van der Waals surface area contributed by atoms with Gasteiger partial charge in [0.25, 0.3) is 0 Å². The Morgan fingerprint density at radius 2 is 1.91 bits per heavy atom. The Bertz CT molecular complexity index is 666. The van der Waals surface area contributed by atoms with Crippen molar-refractivity contribution < 1.29 is 4.79 Å². The molecule has 1 unspecified atom stereocenters. The van der Waals surface area contributed by atoms with Gasteiger partial charge >= 0.3 is 0 Å². The van der Waals surface area contributed by atoms with Crippen LogP contribution in [0.5, 0.6) is 0 Å². The van der Waals surface area contributed by atoms with Gasteiger partial charge in [-0.3, -0.25) is 4.79 Å². The molecule has 2 aromatic carbocycles. The highest BCUT2D eigenvalue weighted by atomic mass is 16.1. The molecule has 1 aliphatic rings. The lowest BCUT2D eigenvalue weighted by molar-refractivity contribution is -0.117. The molecule has 0 aliphatic carbocycles. The number of fused-ring (bicyclic) bond motifs is 1. The molecule has 0 bridgehead atoms. The van der Waals surface area contributed by atoms with E-state index in [0.29, 0.717) is 0 Å². The van der Waals surface area contributed by atoms with Crippen LogP contribution in [0, 0.1) is 0 Å². The molecule has 0 radical (unpaired) electrons. The monoisotopic (exact) mass is 292 g/mol. The number of nitrogens with zero attached hydrogens (tertiary/aromatic N) is 1. The van der Waals surface area contributed by atoms with Gasteiger partial charge in [0.15, 0.2) is 0 Å². The summed E-state index contributed by atoms with van der Waals surface area (Å²) in [7, 11) is 0. The van der Waals surface area contributed by atoms with Gasteiger partial charge in [0, 0.05) is 18.8 Å². The third kappa shape index (κ3) is 3.19. The highest BCUT2D eigenvalue weighted by Gasteiger charge is 2.24. The van der Waals surface area contributed by atoms with Gasteiger partial charge < -0.3 is 10.2 Å². The standard InChI is InChI=1S/C19H20N2O/c1-2-19(22)20-17-12-16-10-6-7-11-18(16)21(14-17)13-15-8-4-3-5-9-15/h2-11,17H,1,12-14H2,(H,20,22). The van der Waals surface area contributed by atoms with Crippen molar-refractivity contribution in [2.75, 3.05) is 11.4 Å². The topological polar surface area (TPSA) is 32.3 Å². The molecule has 1 N–H and O–H groups in total. The quantitative estimate of drug-likeness (QED) is 0.879. The molecule has 22 heavy (non-hydrogen) atoms. The van der Waals surface area contributed by atoms with Crippen LogP contribution in [0.4, 0.5) is 5.69 Å². The molecule has 0 saturated heterocycles. The van der Waals surface area contributed by atoms with Crippen molar-refractivity contribution >= 4 is 11.6 Å². The second kappa shape index (κ2) is 6.48. The maximum atomic E-state index is 11.6. The summed E-state index contributed by atoms with van der Waals surface area (Å²) < 4.78 is 0. The summed E-state index contributed by atoms with van der Waals surface area (Å²) in [6.45, 7) is 5.19. The van der Waals surface area contributed by atoms with Crippen LogP contribution in [0.1, 0.15) is 11.1 Å². The fourth-order valence-corrected chi connectivity index (χ4v) is 3.00. The zero-order valence-electron chi connectivity index (χ0n) is 12.5. The van der Waals surface area contributed by atoms with E-state index in [1.165, 1.54) is 22.9 Å². The number of carbonyl (C=O) groups is 1. The van der Waals surface area contributed by atoms with Crippen LogP contribution in [0.15, 0.2) is 67.3 Å². The fraction of sp³-hybridized carbons (Fsp3) is 0.211. The normalized spacial score (nSPS) is 16.7. The molecule has 1 atom stereocenters. The predicted octanol–water partition coefficient (Wildman–Crippen LogP) is 2.92. The molecule has 112 valence electrons. The minimum absolute atomic E-state index is 0.107. The first kappa shape index (κ1) is 14.4. The molecule has 0 aromatic heterocycles. The Balaban J connectivity index is 1.83. The summed E-state index contributed by atoms with van der Waals surface area (Å²) in [4.78, 5) is 13.9. The molecule has 1 heterocycles. The maximum Gasteiger partial charge on any atom is 0.243 e. The number of amides is 1. The maximum absolute atomic E-state index is 11.6. The van der Waals surface area contributed by atoms with Crippen molar-refractivity contribution in [1.82, 2.24) is 5.32 Å². The van der Waals surface area contributed by atoms with Crippen LogP contribution < -0.4 is 10.2 Å². The van der Waals surface area contributed by atoms with Gasteiger partial charge in [-0.15, -0.1) is 0 Å². The van der Waals surface area contributed by atoms with Crippen LogP contribution in [0.3, 0.4) is 0 Å². The fourth-order valence-electron chi connectivity index (χ4n) is 3.00. The molecule has 0 saturated carbocycles. The number of rotatable bonds is 4. The molecule has 1 amide bonds. The van der Waals surface area contributed by atoms with Gasteiger partial charge in [0.05, 0.1) is 6.04 Å². The third-order valence-electron chi connectivity index (χ3n) is 3.99. The van der Waals surface area contributed by atoms with E-state index in [9.17, 15) is 4.79 Å². The molecule has 3 heteroatoms. The lowest BCUT2D eigenvalue weighted by atomic mass is 9.97. The number of nitrogens with one attached hydrogen (secondary N) is 1. The first-order valence-electron chi connectivity index (χ1n) is 7.56. The van der Waals surface area contributed by atoms with E-state index in [1.54, 1.807) is 0 Å². The lowest BCUT2D eigenvalue weighted by Crippen LogP contribution is -2.47.